The fourth-order valence-corrected chi connectivity index (χ4v) is 1.98. The lowest BCUT2D eigenvalue weighted by Gasteiger charge is -2.35. The Morgan fingerprint density at radius 2 is 1.94 bits per heavy atom. The van der Waals surface area contributed by atoms with Gasteiger partial charge in [-0.1, -0.05) is 0 Å². The van der Waals surface area contributed by atoms with Gasteiger partial charge in [-0.25, -0.2) is 4.79 Å². The highest BCUT2D eigenvalue weighted by molar-refractivity contribution is 5.68. The molecule has 1 amide bonds. The van der Waals surface area contributed by atoms with Crippen LogP contribution < -0.4 is 5.32 Å². The van der Waals surface area contributed by atoms with Crippen molar-refractivity contribution in [3.8, 4) is 0 Å². The Labute approximate surface area is 98.3 Å². The van der Waals surface area contributed by atoms with E-state index >= 15 is 0 Å². The Bertz CT molecular complexity index is 230. The van der Waals surface area contributed by atoms with E-state index in [0.29, 0.717) is 6.04 Å². The third kappa shape index (κ3) is 4.00. The summed E-state index contributed by atoms with van der Waals surface area (Å²) in [5.74, 6) is 0. The molecule has 0 bridgehead atoms. The molecular weight excluding hydrogens is 204 g/mol. The van der Waals surface area contributed by atoms with Gasteiger partial charge in [0.2, 0.25) is 0 Å². The third-order valence-corrected chi connectivity index (χ3v) is 2.72. The van der Waals surface area contributed by atoms with E-state index < -0.39 is 5.60 Å². The van der Waals surface area contributed by atoms with Gasteiger partial charge in [-0.05, 0) is 53.6 Å². The maximum atomic E-state index is 12.0. The zero-order chi connectivity index (χ0) is 12.2. The predicted molar refractivity (Wildman–Crippen MR) is 64.5 cm³/mol. The SMILES string of the molecule is CCN(C(=O)OC(C)(C)C)C1CCNCC1. The van der Waals surface area contributed by atoms with Gasteiger partial charge in [-0.15, -0.1) is 0 Å². The van der Waals surface area contributed by atoms with Crippen molar-refractivity contribution in [1.29, 1.82) is 0 Å². The van der Waals surface area contributed by atoms with Gasteiger partial charge in [0.05, 0.1) is 0 Å². The first-order valence-corrected chi connectivity index (χ1v) is 6.14. The lowest BCUT2D eigenvalue weighted by Crippen LogP contribution is -2.47. The van der Waals surface area contributed by atoms with Crippen LogP contribution >= 0.6 is 0 Å². The number of nitrogens with zero attached hydrogens (tertiary/aromatic N) is 1. The molecule has 0 aromatic rings. The van der Waals surface area contributed by atoms with E-state index in [1.807, 2.05) is 32.6 Å². The number of piperidine rings is 1. The third-order valence-electron chi connectivity index (χ3n) is 2.72. The first kappa shape index (κ1) is 13.3. The summed E-state index contributed by atoms with van der Waals surface area (Å²) in [6, 6.07) is 0.334. The van der Waals surface area contributed by atoms with E-state index in [-0.39, 0.29) is 6.09 Å². The number of amides is 1. The fourth-order valence-electron chi connectivity index (χ4n) is 1.98. The summed E-state index contributed by atoms with van der Waals surface area (Å²) in [5, 5.41) is 3.30. The minimum absolute atomic E-state index is 0.179. The quantitative estimate of drug-likeness (QED) is 0.786. The Hall–Kier alpha value is -0.770. The number of hydrogen-bond acceptors (Lipinski definition) is 3. The molecule has 1 aliphatic heterocycles. The molecule has 1 saturated heterocycles. The van der Waals surface area contributed by atoms with Crippen LogP contribution in [0.4, 0.5) is 4.79 Å². The Kier molecular flexibility index (Phi) is 4.59. The van der Waals surface area contributed by atoms with Crippen molar-refractivity contribution in [2.75, 3.05) is 19.6 Å². The highest BCUT2D eigenvalue weighted by atomic mass is 16.6. The van der Waals surface area contributed by atoms with E-state index in [1.54, 1.807) is 0 Å². The van der Waals surface area contributed by atoms with Crippen LogP contribution in [-0.2, 0) is 4.74 Å². The van der Waals surface area contributed by atoms with Crippen molar-refractivity contribution in [2.24, 2.45) is 0 Å². The number of carbonyl (C=O) groups excluding carboxylic acids is 1. The second kappa shape index (κ2) is 5.53. The summed E-state index contributed by atoms with van der Waals surface area (Å²) in [5.41, 5.74) is -0.405. The molecule has 0 radical (unpaired) electrons. The second-order valence-electron chi connectivity index (χ2n) is 5.25. The highest BCUT2D eigenvalue weighted by Gasteiger charge is 2.27. The molecule has 0 spiro atoms. The molecule has 1 fully saturated rings. The van der Waals surface area contributed by atoms with E-state index in [4.69, 9.17) is 4.74 Å². The zero-order valence-corrected chi connectivity index (χ0v) is 10.9. The summed E-state index contributed by atoms with van der Waals surface area (Å²) in [7, 11) is 0. The van der Waals surface area contributed by atoms with Crippen molar-refractivity contribution in [3.05, 3.63) is 0 Å². The largest absolute Gasteiger partial charge is 0.444 e. The standard InChI is InChI=1S/C12H24N2O2/c1-5-14(10-6-8-13-9-7-10)11(15)16-12(2,3)4/h10,13H,5-9H2,1-4H3. The van der Waals surface area contributed by atoms with Crippen LogP contribution in [0.15, 0.2) is 0 Å². The van der Waals surface area contributed by atoms with Gasteiger partial charge in [0.15, 0.2) is 0 Å². The molecule has 0 saturated carbocycles. The predicted octanol–water partition coefficient (Wildman–Crippen LogP) is 2.00. The number of ether oxygens (including phenoxy) is 1. The van der Waals surface area contributed by atoms with Crippen LogP contribution in [0, 0.1) is 0 Å². The molecule has 0 unspecified atom stereocenters. The molecule has 1 heterocycles. The number of carbonyl (C=O) groups is 1. The molecule has 0 aliphatic carbocycles. The summed E-state index contributed by atoms with van der Waals surface area (Å²) in [6.45, 7) is 10.4. The van der Waals surface area contributed by atoms with Crippen LogP contribution in [-0.4, -0.2) is 42.3 Å². The zero-order valence-electron chi connectivity index (χ0n) is 10.9. The second-order valence-corrected chi connectivity index (χ2v) is 5.25. The smallest absolute Gasteiger partial charge is 0.410 e. The number of rotatable bonds is 2. The maximum Gasteiger partial charge on any atom is 0.410 e. The minimum Gasteiger partial charge on any atom is -0.444 e. The Morgan fingerprint density at radius 3 is 2.38 bits per heavy atom. The van der Waals surface area contributed by atoms with E-state index in [0.717, 1.165) is 32.5 Å². The van der Waals surface area contributed by atoms with Gasteiger partial charge in [-0.2, -0.15) is 0 Å². The van der Waals surface area contributed by atoms with Gasteiger partial charge >= 0.3 is 6.09 Å². The highest BCUT2D eigenvalue weighted by Crippen LogP contribution is 2.16. The molecule has 0 atom stereocenters. The molecule has 0 aromatic heterocycles. The van der Waals surface area contributed by atoms with E-state index in [2.05, 4.69) is 5.32 Å². The Morgan fingerprint density at radius 1 is 1.38 bits per heavy atom. The molecular formula is C12H24N2O2. The average Bonchev–Trinajstić information content (AvgIpc) is 2.17. The summed E-state index contributed by atoms with van der Waals surface area (Å²) >= 11 is 0. The molecule has 1 aliphatic rings. The summed E-state index contributed by atoms with van der Waals surface area (Å²) in [6.07, 6.45) is 1.86. The van der Waals surface area contributed by atoms with E-state index in [9.17, 15) is 4.79 Å². The van der Waals surface area contributed by atoms with Crippen LogP contribution in [0.1, 0.15) is 40.5 Å². The van der Waals surface area contributed by atoms with Crippen molar-refractivity contribution < 1.29 is 9.53 Å². The first-order chi connectivity index (χ1) is 7.44. The Balaban J connectivity index is 2.55. The molecule has 16 heavy (non-hydrogen) atoms. The molecule has 94 valence electrons. The fraction of sp³-hybridized carbons (Fsp3) is 0.917. The van der Waals surface area contributed by atoms with Crippen molar-refractivity contribution in [3.63, 3.8) is 0 Å². The van der Waals surface area contributed by atoms with Gasteiger partial charge < -0.3 is 15.0 Å². The number of hydrogen-bond donors (Lipinski definition) is 1. The normalized spacial score (nSPS) is 18.2. The van der Waals surface area contributed by atoms with Crippen molar-refractivity contribution in [2.45, 2.75) is 52.2 Å². The molecule has 1 rings (SSSR count). The monoisotopic (exact) mass is 228 g/mol. The van der Waals surface area contributed by atoms with Crippen LogP contribution in [0.2, 0.25) is 0 Å². The maximum absolute atomic E-state index is 12.0. The van der Waals surface area contributed by atoms with Crippen molar-refractivity contribution in [1.82, 2.24) is 10.2 Å². The molecule has 1 N–H and O–H groups in total. The van der Waals surface area contributed by atoms with Crippen molar-refractivity contribution >= 4 is 6.09 Å². The minimum atomic E-state index is -0.405. The molecule has 4 heteroatoms. The van der Waals surface area contributed by atoms with Crippen LogP contribution in [0.3, 0.4) is 0 Å². The first-order valence-electron chi connectivity index (χ1n) is 6.14. The van der Waals surface area contributed by atoms with Gasteiger partial charge in [0, 0.05) is 12.6 Å². The lowest BCUT2D eigenvalue weighted by molar-refractivity contribution is 0.0143. The van der Waals surface area contributed by atoms with Gasteiger partial charge in [0.1, 0.15) is 5.60 Å². The average molecular weight is 228 g/mol. The summed E-state index contributed by atoms with van der Waals surface area (Å²) in [4.78, 5) is 13.8. The van der Waals surface area contributed by atoms with Crippen LogP contribution in [0.5, 0.6) is 0 Å². The van der Waals surface area contributed by atoms with Crippen LogP contribution in [0.25, 0.3) is 0 Å². The van der Waals surface area contributed by atoms with Gasteiger partial charge in [-0.3, -0.25) is 0 Å². The topological polar surface area (TPSA) is 41.6 Å². The lowest BCUT2D eigenvalue weighted by atomic mass is 10.1. The number of nitrogens with one attached hydrogen (secondary N) is 1. The molecule has 0 aromatic carbocycles. The van der Waals surface area contributed by atoms with E-state index in [1.165, 1.54) is 0 Å². The van der Waals surface area contributed by atoms with Gasteiger partial charge in [0.25, 0.3) is 0 Å². The summed E-state index contributed by atoms with van der Waals surface area (Å²) < 4.78 is 5.41. The molecule has 4 nitrogen and oxygen atoms in total.